The average molecular weight is 352 g/mol. The second-order valence-electron chi connectivity index (χ2n) is 6.67. The lowest BCUT2D eigenvalue weighted by Gasteiger charge is -2.22. The van der Waals surface area contributed by atoms with E-state index in [4.69, 9.17) is 14.4 Å². The Hall–Kier alpha value is -1.89. The van der Waals surface area contributed by atoms with Crippen molar-refractivity contribution in [3.63, 3.8) is 0 Å². The predicted octanol–water partition coefficient (Wildman–Crippen LogP) is 3.66. The zero-order chi connectivity index (χ0) is 18.1. The molecular weight excluding hydrogens is 324 g/mol. The highest BCUT2D eigenvalue weighted by atomic mass is 16.6. The molecule has 7 nitrogen and oxygen atoms in total. The van der Waals surface area contributed by atoms with Gasteiger partial charge in [0.15, 0.2) is 11.6 Å². The van der Waals surface area contributed by atoms with Gasteiger partial charge in [0.05, 0.1) is 6.61 Å². The first-order valence-corrected chi connectivity index (χ1v) is 9.19. The fourth-order valence-electron chi connectivity index (χ4n) is 3.43. The minimum atomic E-state index is -1.13. The Morgan fingerprint density at radius 1 is 1.40 bits per heavy atom. The average Bonchev–Trinajstić information content (AvgIpc) is 3.10. The number of amides is 1. The van der Waals surface area contributed by atoms with Gasteiger partial charge >= 0.3 is 5.97 Å². The molecule has 1 aliphatic rings. The van der Waals surface area contributed by atoms with E-state index in [-0.39, 0.29) is 23.9 Å². The van der Waals surface area contributed by atoms with Gasteiger partial charge in [-0.15, -0.1) is 0 Å². The van der Waals surface area contributed by atoms with Crippen molar-refractivity contribution in [2.75, 3.05) is 6.61 Å². The number of rotatable bonds is 10. The van der Waals surface area contributed by atoms with E-state index in [1.54, 1.807) is 6.92 Å². The van der Waals surface area contributed by atoms with Gasteiger partial charge in [0.25, 0.3) is 0 Å². The maximum atomic E-state index is 12.0. The molecule has 1 heterocycles. The molecule has 0 bridgehead atoms. The second-order valence-corrected chi connectivity index (χ2v) is 6.67. The van der Waals surface area contributed by atoms with Gasteiger partial charge in [-0.25, -0.2) is 15.3 Å². The van der Waals surface area contributed by atoms with Gasteiger partial charge < -0.3 is 9.52 Å². The van der Waals surface area contributed by atoms with E-state index < -0.39 is 5.97 Å². The minimum Gasteiger partial charge on any atom is -0.476 e. The smallest absolute Gasteiger partial charge is 0.357 e. The number of carbonyl (C=O) groups is 2. The third-order valence-corrected chi connectivity index (χ3v) is 4.74. The molecule has 0 aliphatic heterocycles. The van der Waals surface area contributed by atoms with E-state index in [0.29, 0.717) is 12.5 Å². The zero-order valence-electron chi connectivity index (χ0n) is 14.8. The van der Waals surface area contributed by atoms with Gasteiger partial charge in [-0.05, 0) is 19.3 Å². The topological polar surface area (TPSA) is 102 Å². The summed E-state index contributed by atoms with van der Waals surface area (Å²) >= 11 is 0. The van der Waals surface area contributed by atoms with Gasteiger partial charge in [-0.2, -0.15) is 0 Å². The van der Waals surface area contributed by atoms with E-state index in [0.717, 1.165) is 31.4 Å². The van der Waals surface area contributed by atoms with Gasteiger partial charge in [-0.1, -0.05) is 44.9 Å². The van der Waals surface area contributed by atoms with Crippen LogP contribution in [-0.2, 0) is 9.63 Å². The molecule has 1 aromatic heterocycles. The maximum absolute atomic E-state index is 12.0. The molecule has 1 aromatic rings. The first-order chi connectivity index (χ1) is 12.1. The van der Waals surface area contributed by atoms with Crippen LogP contribution in [0.5, 0.6) is 0 Å². The Kier molecular flexibility index (Phi) is 7.91. The van der Waals surface area contributed by atoms with E-state index >= 15 is 0 Å². The number of oxazole rings is 1. The molecule has 1 amide bonds. The molecule has 0 unspecified atom stereocenters. The quantitative estimate of drug-likeness (QED) is 0.623. The van der Waals surface area contributed by atoms with Crippen molar-refractivity contribution in [3.05, 3.63) is 17.8 Å². The van der Waals surface area contributed by atoms with Crippen LogP contribution < -0.4 is 5.48 Å². The summed E-state index contributed by atoms with van der Waals surface area (Å²) in [5.41, 5.74) is 2.25. The summed E-state index contributed by atoms with van der Waals surface area (Å²) in [4.78, 5) is 31.9. The van der Waals surface area contributed by atoms with Gasteiger partial charge in [-0.3, -0.25) is 9.63 Å². The fourth-order valence-corrected chi connectivity index (χ4v) is 3.43. The van der Waals surface area contributed by atoms with Gasteiger partial charge in [0.2, 0.25) is 5.91 Å². The highest BCUT2D eigenvalue weighted by Gasteiger charge is 2.23. The SMILES string of the molecule is CCONC(=O)C[C@@H](CCCC1CCCCC1)c1nc(C(=O)O)co1. The number of hydrogen-bond donors (Lipinski definition) is 2. The Balaban J connectivity index is 1.92. The van der Waals surface area contributed by atoms with Crippen LogP contribution in [0.3, 0.4) is 0 Å². The molecule has 0 spiro atoms. The number of aromatic nitrogens is 1. The normalized spacial score (nSPS) is 16.5. The van der Waals surface area contributed by atoms with Crippen LogP contribution in [0.25, 0.3) is 0 Å². The number of carboxylic acids is 1. The zero-order valence-corrected chi connectivity index (χ0v) is 14.8. The molecule has 0 saturated heterocycles. The predicted molar refractivity (Wildman–Crippen MR) is 91.0 cm³/mol. The Morgan fingerprint density at radius 2 is 2.16 bits per heavy atom. The van der Waals surface area contributed by atoms with E-state index in [1.165, 1.54) is 32.1 Å². The lowest BCUT2D eigenvalue weighted by molar-refractivity contribution is -0.133. The summed E-state index contributed by atoms with van der Waals surface area (Å²) in [5.74, 6) is -0.537. The summed E-state index contributed by atoms with van der Waals surface area (Å²) in [6.45, 7) is 2.18. The van der Waals surface area contributed by atoms with Crippen LogP contribution >= 0.6 is 0 Å². The summed E-state index contributed by atoms with van der Waals surface area (Å²) in [5, 5.41) is 9.00. The number of hydroxylamine groups is 1. The summed E-state index contributed by atoms with van der Waals surface area (Å²) in [6.07, 6.45) is 10.7. The third-order valence-electron chi connectivity index (χ3n) is 4.74. The number of nitrogens with zero attached hydrogens (tertiary/aromatic N) is 1. The lowest BCUT2D eigenvalue weighted by Crippen LogP contribution is -2.25. The number of hydrogen-bond acceptors (Lipinski definition) is 5. The van der Waals surface area contributed by atoms with Crippen molar-refractivity contribution in [2.24, 2.45) is 5.92 Å². The first-order valence-electron chi connectivity index (χ1n) is 9.19. The molecule has 2 N–H and O–H groups in total. The van der Waals surface area contributed by atoms with Crippen molar-refractivity contribution in [3.8, 4) is 0 Å². The van der Waals surface area contributed by atoms with Crippen LogP contribution in [0.4, 0.5) is 0 Å². The molecule has 1 aliphatic carbocycles. The lowest BCUT2D eigenvalue weighted by atomic mass is 9.84. The number of aromatic carboxylic acids is 1. The molecule has 7 heteroatoms. The van der Waals surface area contributed by atoms with Crippen molar-refractivity contribution in [2.45, 2.75) is 70.6 Å². The standard InChI is InChI=1S/C18H28N2O5/c1-2-25-20-16(21)11-14(17-19-15(12-24-17)18(22)23)10-6-9-13-7-4-3-5-8-13/h12-14H,2-11H2,1H3,(H,20,21)(H,22,23)/t14-/m1/s1. The van der Waals surface area contributed by atoms with Crippen LogP contribution in [0.2, 0.25) is 0 Å². The fraction of sp³-hybridized carbons (Fsp3) is 0.722. The molecule has 0 aromatic carbocycles. The monoisotopic (exact) mass is 352 g/mol. The largest absolute Gasteiger partial charge is 0.476 e. The van der Waals surface area contributed by atoms with Crippen molar-refractivity contribution < 1.29 is 24.0 Å². The summed E-state index contributed by atoms with van der Waals surface area (Å²) < 4.78 is 5.32. The van der Waals surface area contributed by atoms with Crippen molar-refractivity contribution in [1.29, 1.82) is 0 Å². The molecule has 1 saturated carbocycles. The minimum absolute atomic E-state index is 0.127. The Bertz CT molecular complexity index is 551. The van der Waals surface area contributed by atoms with Gasteiger partial charge in [0.1, 0.15) is 6.26 Å². The molecular formula is C18H28N2O5. The highest BCUT2D eigenvalue weighted by molar-refractivity contribution is 5.84. The molecule has 1 atom stereocenters. The van der Waals surface area contributed by atoms with E-state index in [9.17, 15) is 9.59 Å². The van der Waals surface area contributed by atoms with Crippen LogP contribution in [0.1, 0.15) is 87.0 Å². The number of nitrogens with one attached hydrogen (secondary N) is 1. The van der Waals surface area contributed by atoms with Crippen LogP contribution in [0, 0.1) is 5.92 Å². The van der Waals surface area contributed by atoms with Gasteiger partial charge in [0, 0.05) is 12.3 Å². The number of carboxylic acid groups (broad SMARTS) is 1. The summed E-state index contributed by atoms with van der Waals surface area (Å²) in [6, 6.07) is 0. The molecule has 140 valence electrons. The van der Waals surface area contributed by atoms with E-state index in [1.807, 2.05) is 0 Å². The second kappa shape index (κ2) is 10.2. The third kappa shape index (κ3) is 6.49. The van der Waals surface area contributed by atoms with E-state index in [2.05, 4.69) is 10.5 Å². The maximum Gasteiger partial charge on any atom is 0.357 e. The molecule has 25 heavy (non-hydrogen) atoms. The Labute approximate surface area is 148 Å². The highest BCUT2D eigenvalue weighted by Crippen LogP contribution is 2.31. The molecule has 1 fully saturated rings. The first kappa shape index (κ1) is 19.4. The molecule has 2 rings (SSSR count). The number of carbonyl (C=O) groups excluding carboxylic acids is 1. The van der Waals surface area contributed by atoms with Crippen LogP contribution in [0.15, 0.2) is 10.7 Å². The van der Waals surface area contributed by atoms with Crippen molar-refractivity contribution >= 4 is 11.9 Å². The van der Waals surface area contributed by atoms with Crippen molar-refractivity contribution in [1.82, 2.24) is 10.5 Å². The van der Waals surface area contributed by atoms with Crippen LogP contribution in [-0.4, -0.2) is 28.6 Å². The summed E-state index contributed by atoms with van der Waals surface area (Å²) in [7, 11) is 0. The molecule has 0 radical (unpaired) electrons. The Morgan fingerprint density at radius 3 is 2.80 bits per heavy atom.